The molecule has 4 nitrogen and oxygen atoms in total. The van der Waals surface area contributed by atoms with Crippen LogP contribution in [-0.4, -0.2) is 24.9 Å². The fourth-order valence-corrected chi connectivity index (χ4v) is 1.85. The van der Waals surface area contributed by atoms with Crippen molar-refractivity contribution in [2.24, 2.45) is 0 Å². The first-order chi connectivity index (χ1) is 9.47. The van der Waals surface area contributed by atoms with Gasteiger partial charge in [0.2, 0.25) is 0 Å². The van der Waals surface area contributed by atoms with E-state index in [2.05, 4.69) is 5.32 Å². The number of nitrogens with one attached hydrogen (secondary N) is 1. The van der Waals surface area contributed by atoms with Crippen molar-refractivity contribution < 1.29 is 4.79 Å². The van der Waals surface area contributed by atoms with Crippen LogP contribution in [-0.2, 0) is 0 Å². The molecule has 4 heteroatoms. The highest BCUT2D eigenvalue weighted by molar-refractivity contribution is 5.96. The van der Waals surface area contributed by atoms with Gasteiger partial charge in [0.05, 0.1) is 11.4 Å². The maximum atomic E-state index is 12.0. The molecule has 20 heavy (non-hydrogen) atoms. The van der Waals surface area contributed by atoms with E-state index < -0.39 is 0 Å². The highest BCUT2D eigenvalue weighted by atomic mass is 16.2. The Kier molecular flexibility index (Phi) is 3.94. The lowest BCUT2D eigenvalue weighted by Gasteiger charge is -2.14. The minimum Gasteiger partial charge on any atom is -0.397 e. The van der Waals surface area contributed by atoms with Gasteiger partial charge in [-0.05, 0) is 37.3 Å². The quantitative estimate of drug-likeness (QED) is 0.842. The van der Waals surface area contributed by atoms with E-state index in [0.29, 0.717) is 11.3 Å². The predicted octanol–water partition coefficient (Wildman–Crippen LogP) is 3.02. The van der Waals surface area contributed by atoms with Gasteiger partial charge in [-0.2, -0.15) is 0 Å². The summed E-state index contributed by atoms with van der Waals surface area (Å²) in [4.78, 5) is 13.5. The number of nitrogen functional groups attached to an aromatic ring is 1. The van der Waals surface area contributed by atoms with E-state index in [1.165, 1.54) is 5.56 Å². The number of carbonyl (C=O) groups excluding carboxylic acids is 1. The van der Waals surface area contributed by atoms with E-state index in [9.17, 15) is 4.79 Å². The van der Waals surface area contributed by atoms with Gasteiger partial charge in [0.15, 0.2) is 0 Å². The SMILES string of the molecule is Cc1ccc(Nc2cc(C(=O)N(C)C)ccc2N)cc1. The molecule has 0 atom stereocenters. The smallest absolute Gasteiger partial charge is 0.253 e. The monoisotopic (exact) mass is 269 g/mol. The van der Waals surface area contributed by atoms with Crippen LogP contribution in [0.3, 0.4) is 0 Å². The van der Waals surface area contributed by atoms with Gasteiger partial charge in [-0.3, -0.25) is 4.79 Å². The maximum absolute atomic E-state index is 12.0. The first-order valence-electron chi connectivity index (χ1n) is 6.42. The lowest BCUT2D eigenvalue weighted by atomic mass is 10.1. The molecule has 0 aliphatic heterocycles. The maximum Gasteiger partial charge on any atom is 0.253 e. The van der Waals surface area contributed by atoms with Crippen molar-refractivity contribution in [2.75, 3.05) is 25.1 Å². The van der Waals surface area contributed by atoms with Gasteiger partial charge in [-0.25, -0.2) is 0 Å². The Morgan fingerprint density at radius 2 is 1.75 bits per heavy atom. The largest absolute Gasteiger partial charge is 0.397 e. The van der Waals surface area contributed by atoms with Crippen molar-refractivity contribution in [3.63, 3.8) is 0 Å². The van der Waals surface area contributed by atoms with Crippen molar-refractivity contribution in [3.05, 3.63) is 53.6 Å². The number of aryl methyl sites for hydroxylation is 1. The molecule has 0 bridgehead atoms. The Morgan fingerprint density at radius 1 is 1.10 bits per heavy atom. The summed E-state index contributed by atoms with van der Waals surface area (Å²) in [5.41, 5.74) is 10.1. The number of carbonyl (C=O) groups is 1. The van der Waals surface area contributed by atoms with Crippen LogP contribution >= 0.6 is 0 Å². The van der Waals surface area contributed by atoms with Crippen molar-refractivity contribution in [3.8, 4) is 0 Å². The molecule has 1 amide bonds. The molecule has 0 heterocycles. The molecule has 0 aromatic heterocycles. The fourth-order valence-electron chi connectivity index (χ4n) is 1.85. The van der Waals surface area contributed by atoms with Crippen LogP contribution in [0.1, 0.15) is 15.9 Å². The summed E-state index contributed by atoms with van der Waals surface area (Å²) in [6.45, 7) is 2.04. The molecule has 2 aromatic rings. The number of nitrogens with zero attached hydrogens (tertiary/aromatic N) is 1. The summed E-state index contributed by atoms with van der Waals surface area (Å²) in [6.07, 6.45) is 0. The third kappa shape index (κ3) is 3.09. The number of hydrogen-bond acceptors (Lipinski definition) is 3. The second-order valence-corrected chi connectivity index (χ2v) is 4.99. The number of hydrogen-bond donors (Lipinski definition) is 2. The van der Waals surface area contributed by atoms with Crippen LogP contribution in [0.4, 0.5) is 17.1 Å². The summed E-state index contributed by atoms with van der Waals surface area (Å²) in [6, 6.07) is 13.3. The molecule has 2 rings (SSSR count). The first-order valence-corrected chi connectivity index (χ1v) is 6.42. The molecule has 0 saturated carbocycles. The van der Waals surface area contributed by atoms with Crippen molar-refractivity contribution in [2.45, 2.75) is 6.92 Å². The van der Waals surface area contributed by atoms with E-state index in [4.69, 9.17) is 5.73 Å². The Hall–Kier alpha value is -2.49. The standard InChI is InChI=1S/C16H19N3O/c1-11-4-7-13(8-5-11)18-15-10-12(6-9-14(15)17)16(20)19(2)3/h4-10,18H,17H2,1-3H3. The third-order valence-electron chi connectivity index (χ3n) is 3.04. The molecule has 0 fully saturated rings. The molecule has 0 unspecified atom stereocenters. The number of nitrogens with two attached hydrogens (primary N) is 1. The van der Waals surface area contributed by atoms with Gasteiger partial charge in [0, 0.05) is 25.3 Å². The van der Waals surface area contributed by atoms with Crippen molar-refractivity contribution in [1.29, 1.82) is 0 Å². The zero-order valence-electron chi connectivity index (χ0n) is 12.0. The van der Waals surface area contributed by atoms with Crippen LogP contribution in [0.25, 0.3) is 0 Å². The molecule has 0 radical (unpaired) electrons. The lowest BCUT2D eigenvalue weighted by molar-refractivity contribution is 0.0827. The predicted molar refractivity (Wildman–Crippen MR) is 83.3 cm³/mol. The summed E-state index contributed by atoms with van der Waals surface area (Å²) in [5, 5.41) is 3.24. The van der Waals surface area contributed by atoms with Crippen LogP contribution in [0.2, 0.25) is 0 Å². The average Bonchev–Trinajstić information content (AvgIpc) is 2.43. The fraction of sp³-hybridized carbons (Fsp3) is 0.188. The van der Waals surface area contributed by atoms with Crippen LogP contribution in [0, 0.1) is 6.92 Å². The molecular formula is C16H19N3O. The Balaban J connectivity index is 2.29. The second kappa shape index (κ2) is 5.65. The lowest BCUT2D eigenvalue weighted by Crippen LogP contribution is -2.21. The van der Waals surface area contributed by atoms with Crippen molar-refractivity contribution >= 4 is 23.0 Å². The van der Waals surface area contributed by atoms with Gasteiger partial charge >= 0.3 is 0 Å². The van der Waals surface area contributed by atoms with Crippen LogP contribution < -0.4 is 11.1 Å². The summed E-state index contributed by atoms with van der Waals surface area (Å²) < 4.78 is 0. The zero-order chi connectivity index (χ0) is 14.7. The Labute approximate surface area is 119 Å². The highest BCUT2D eigenvalue weighted by Crippen LogP contribution is 2.25. The Bertz CT molecular complexity index is 618. The van der Waals surface area contributed by atoms with E-state index in [-0.39, 0.29) is 5.91 Å². The topological polar surface area (TPSA) is 58.4 Å². The number of amides is 1. The van der Waals surface area contributed by atoms with Gasteiger partial charge in [0.25, 0.3) is 5.91 Å². The average molecular weight is 269 g/mol. The normalized spacial score (nSPS) is 10.2. The minimum atomic E-state index is -0.0445. The molecule has 2 aromatic carbocycles. The molecule has 3 N–H and O–H groups in total. The van der Waals surface area contributed by atoms with E-state index in [1.807, 2.05) is 31.2 Å². The first kappa shape index (κ1) is 13.9. The minimum absolute atomic E-state index is 0.0445. The molecule has 0 aliphatic rings. The van der Waals surface area contributed by atoms with E-state index >= 15 is 0 Å². The highest BCUT2D eigenvalue weighted by Gasteiger charge is 2.10. The summed E-state index contributed by atoms with van der Waals surface area (Å²) in [5.74, 6) is -0.0445. The molecule has 0 saturated heterocycles. The van der Waals surface area contributed by atoms with Gasteiger partial charge in [-0.1, -0.05) is 17.7 Å². The molecule has 0 spiro atoms. The molecule has 104 valence electrons. The van der Waals surface area contributed by atoms with E-state index in [1.54, 1.807) is 37.2 Å². The van der Waals surface area contributed by atoms with Gasteiger partial charge in [-0.15, -0.1) is 0 Å². The van der Waals surface area contributed by atoms with Gasteiger partial charge in [0.1, 0.15) is 0 Å². The van der Waals surface area contributed by atoms with Crippen molar-refractivity contribution in [1.82, 2.24) is 4.90 Å². The third-order valence-corrected chi connectivity index (χ3v) is 3.04. The molecule has 0 aliphatic carbocycles. The summed E-state index contributed by atoms with van der Waals surface area (Å²) in [7, 11) is 3.46. The van der Waals surface area contributed by atoms with Crippen LogP contribution in [0.5, 0.6) is 0 Å². The Morgan fingerprint density at radius 3 is 2.35 bits per heavy atom. The number of benzene rings is 2. The second-order valence-electron chi connectivity index (χ2n) is 4.99. The van der Waals surface area contributed by atoms with Gasteiger partial charge < -0.3 is 16.0 Å². The zero-order valence-corrected chi connectivity index (χ0v) is 12.0. The number of rotatable bonds is 3. The molecular weight excluding hydrogens is 250 g/mol. The van der Waals surface area contributed by atoms with Crippen LogP contribution in [0.15, 0.2) is 42.5 Å². The number of anilines is 3. The summed E-state index contributed by atoms with van der Waals surface area (Å²) >= 11 is 0. The van der Waals surface area contributed by atoms with E-state index in [0.717, 1.165) is 11.4 Å².